The van der Waals surface area contributed by atoms with Gasteiger partial charge >= 0.3 is 5.97 Å². The standard InChI is InChI=1S/C21H34O5/c1-2-3-4-9-13-24-14-12-16-15(10-7-5-6-8-11-17(22)23)18-20-21(26-20)19(16)25-18/h5,7,15-16,18-21H,2-4,6,8-14H2,1H3,(H,22,23)/t15-,16+,18+,19-,20-,21+/m0/s1. The number of hydrogen-bond acceptors (Lipinski definition) is 4. The Morgan fingerprint density at radius 3 is 2.50 bits per heavy atom. The van der Waals surface area contributed by atoms with Gasteiger partial charge in [0.2, 0.25) is 0 Å². The van der Waals surface area contributed by atoms with Crippen molar-refractivity contribution in [1.82, 2.24) is 0 Å². The molecule has 5 nitrogen and oxygen atoms in total. The van der Waals surface area contributed by atoms with Crippen molar-refractivity contribution in [2.75, 3.05) is 13.2 Å². The van der Waals surface area contributed by atoms with Gasteiger partial charge in [0.15, 0.2) is 0 Å². The normalized spacial score (nSPS) is 34.5. The summed E-state index contributed by atoms with van der Waals surface area (Å²) in [6, 6.07) is 0. The average Bonchev–Trinajstić information content (AvgIpc) is 3.25. The van der Waals surface area contributed by atoms with Gasteiger partial charge in [0.05, 0.1) is 12.2 Å². The SMILES string of the molecule is CCCCCCOCC[C@@H]1[C@H](CC=CCCCC(=O)O)[C@H]2O[C@@H]1[C@H]1O[C@H]12. The van der Waals surface area contributed by atoms with Crippen LogP contribution in [0, 0.1) is 11.8 Å². The van der Waals surface area contributed by atoms with E-state index < -0.39 is 5.97 Å². The van der Waals surface area contributed by atoms with Gasteiger partial charge in [-0.15, -0.1) is 0 Å². The highest BCUT2D eigenvalue weighted by atomic mass is 16.7. The number of hydrogen-bond donors (Lipinski definition) is 1. The lowest BCUT2D eigenvalue weighted by Gasteiger charge is -2.25. The molecule has 0 spiro atoms. The summed E-state index contributed by atoms with van der Waals surface area (Å²) in [5.41, 5.74) is 0. The van der Waals surface area contributed by atoms with Crippen molar-refractivity contribution >= 4 is 5.97 Å². The molecule has 0 unspecified atom stereocenters. The third kappa shape index (κ3) is 5.08. The van der Waals surface area contributed by atoms with E-state index >= 15 is 0 Å². The zero-order valence-corrected chi connectivity index (χ0v) is 16.0. The van der Waals surface area contributed by atoms with Crippen LogP contribution in [0.5, 0.6) is 0 Å². The van der Waals surface area contributed by atoms with E-state index in [2.05, 4.69) is 19.1 Å². The summed E-state index contributed by atoms with van der Waals surface area (Å²) in [6.07, 6.45) is 14.4. The van der Waals surface area contributed by atoms with Gasteiger partial charge in [-0.05, 0) is 43.9 Å². The minimum absolute atomic E-state index is 0.247. The molecule has 148 valence electrons. The first kappa shape index (κ1) is 19.8. The highest BCUT2D eigenvalue weighted by Gasteiger charge is 2.68. The van der Waals surface area contributed by atoms with Crippen molar-refractivity contribution in [3.8, 4) is 0 Å². The topological polar surface area (TPSA) is 68.3 Å². The Balaban J connectivity index is 1.36. The molecule has 6 atom stereocenters. The van der Waals surface area contributed by atoms with Crippen LogP contribution in [0.2, 0.25) is 0 Å². The third-order valence-corrected chi connectivity index (χ3v) is 5.99. The largest absolute Gasteiger partial charge is 0.481 e. The molecule has 3 heterocycles. The molecule has 2 bridgehead atoms. The number of allylic oxidation sites excluding steroid dienone is 2. The Kier molecular flexibility index (Phi) is 7.52. The summed E-state index contributed by atoms with van der Waals surface area (Å²) < 4.78 is 17.8. The molecular formula is C21H34O5. The maximum Gasteiger partial charge on any atom is 0.303 e. The third-order valence-electron chi connectivity index (χ3n) is 5.99. The molecule has 0 aromatic carbocycles. The zero-order valence-electron chi connectivity index (χ0n) is 16.0. The number of epoxide rings is 1. The van der Waals surface area contributed by atoms with E-state index in [0.717, 1.165) is 38.9 Å². The predicted molar refractivity (Wildman–Crippen MR) is 99.1 cm³/mol. The van der Waals surface area contributed by atoms with E-state index in [4.69, 9.17) is 19.3 Å². The molecule has 0 aromatic heterocycles. The summed E-state index contributed by atoms with van der Waals surface area (Å²) in [5.74, 6) is 0.331. The van der Waals surface area contributed by atoms with Crippen LogP contribution in [0.3, 0.4) is 0 Å². The molecule has 0 saturated carbocycles. The van der Waals surface area contributed by atoms with Crippen molar-refractivity contribution in [2.24, 2.45) is 11.8 Å². The summed E-state index contributed by atoms with van der Waals surface area (Å²) in [7, 11) is 0. The molecule has 0 aromatic rings. The van der Waals surface area contributed by atoms with Crippen LogP contribution in [-0.4, -0.2) is 48.7 Å². The molecule has 0 amide bonds. The maximum atomic E-state index is 10.5. The smallest absolute Gasteiger partial charge is 0.303 e. The number of ether oxygens (including phenoxy) is 3. The lowest BCUT2D eigenvalue weighted by atomic mass is 9.76. The van der Waals surface area contributed by atoms with E-state index in [0.29, 0.717) is 30.5 Å². The number of carbonyl (C=O) groups is 1. The van der Waals surface area contributed by atoms with Gasteiger partial charge in [0.1, 0.15) is 12.2 Å². The number of unbranched alkanes of at least 4 members (excludes halogenated alkanes) is 4. The number of fused-ring (bicyclic) bond motifs is 5. The van der Waals surface area contributed by atoms with Crippen molar-refractivity contribution in [1.29, 1.82) is 0 Å². The van der Waals surface area contributed by atoms with Gasteiger partial charge in [0.25, 0.3) is 0 Å². The van der Waals surface area contributed by atoms with Crippen LogP contribution < -0.4 is 0 Å². The molecule has 5 heteroatoms. The molecular weight excluding hydrogens is 332 g/mol. The van der Waals surface area contributed by atoms with E-state index in [1.165, 1.54) is 19.3 Å². The van der Waals surface area contributed by atoms with Crippen LogP contribution in [0.4, 0.5) is 0 Å². The summed E-state index contributed by atoms with van der Waals surface area (Å²) in [5, 5.41) is 8.68. The summed E-state index contributed by atoms with van der Waals surface area (Å²) >= 11 is 0. The van der Waals surface area contributed by atoms with Crippen molar-refractivity contribution in [3.05, 3.63) is 12.2 Å². The van der Waals surface area contributed by atoms with Gasteiger partial charge in [-0.1, -0.05) is 38.3 Å². The molecule has 3 saturated heterocycles. The van der Waals surface area contributed by atoms with Crippen molar-refractivity contribution in [2.45, 2.75) is 89.1 Å². The number of aliphatic carboxylic acids is 1. The molecule has 3 rings (SSSR count). The highest BCUT2D eigenvalue weighted by molar-refractivity contribution is 5.66. The van der Waals surface area contributed by atoms with Gasteiger partial charge in [0, 0.05) is 19.6 Å². The van der Waals surface area contributed by atoms with E-state index in [1.807, 2.05) is 0 Å². The molecule has 1 N–H and O–H groups in total. The van der Waals surface area contributed by atoms with E-state index in [-0.39, 0.29) is 18.6 Å². The fraction of sp³-hybridized carbons (Fsp3) is 0.857. The number of carboxylic acid groups (broad SMARTS) is 1. The quantitative estimate of drug-likeness (QED) is 0.286. The highest BCUT2D eigenvalue weighted by Crippen LogP contribution is 2.55. The van der Waals surface area contributed by atoms with Gasteiger partial charge < -0.3 is 19.3 Å². The minimum Gasteiger partial charge on any atom is -0.481 e. The molecule has 26 heavy (non-hydrogen) atoms. The second kappa shape index (κ2) is 9.86. The van der Waals surface area contributed by atoms with Crippen molar-refractivity contribution < 1.29 is 24.1 Å². The number of carboxylic acids is 1. The zero-order chi connectivity index (χ0) is 18.4. The first-order valence-electron chi connectivity index (χ1n) is 10.5. The number of rotatable bonds is 14. The summed E-state index contributed by atoms with van der Waals surface area (Å²) in [4.78, 5) is 10.5. The fourth-order valence-corrected chi connectivity index (χ4v) is 4.56. The Hall–Kier alpha value is -0.910. The first-order valence-corrected chi connectivity index (χ1v) is 10.5. The maximum absolute atomic E-state index is 10.5. The predicted octanol–water partition coefficient (Wildman–Crippen LogP) is 3.96. The van der Waals surface area contributed by atoms with Gasteiger partial charge in [-0.3, -0.25) is 4.79 Å². The molecule has 3 fully saturated rings. The van der Waals surface area contributed by atoms with E-state index in [1.54, 1.807) is 0 Å². The van der Waals surface area contributed by atoms with Crippen LogP contribution in [0.1, 0.15) is 64.7 Å². The molecule has 0 aliphatic carbocycles. The van der Waals surface area contributed by atoms with Crippen molar-refractivity contribution in [3.63, 3.8) is 0 Å². The molecule has 0 radical (unpaired) electrons. The van der Waals surface area contributed by atoms with Crippen LogP contribution >= 0.6 is 0 Å². The minimum atomic E-state index is -0.716. The lowest BCUT2D eigenvalue weighted by molar-refractivity contribution is -0.137. The van der Waals surface area contributed by atoms with Gasteiger partial charge in [-0.2, -0.15) is 0 Å². The monoisotopic (exact) mass is 366 g/mol. The van der Waals surface area contributed by atoms with Crippen LogP contribution in [0.15, 0.2) is 12.2 Å². The fourth-order valence-electron chi connectivity index (χ4n) is 4.56. The van der Waals surface area contributed by atoms with E-state index in [9.17, 15) is 4.79 Å². The average molecular weight is 366 g/mol. The summed E-state index contributed by atoms with van der Waals surface area (Å²) in [6.45, 7) is 3.92. The Labute approximate surface area is 157 Å². The second-order valence-electron chi connectivity index (χ2n) is 7.91. The second-order valence-corrected chi connectivity index (χ2v) is 7.91. The molecule has 3 aliphatic rings. The Bertz CT molecular complexity index is 477. The lowest BCUT2D eigenvalue weighted by Crippen LogP contribution is -2.33. The Morgan fingerprint density at radius 2 is 1.73 bits per heavy atom. The van der Waals surface area contributed by atoms with Gasteiger partial charge in [-0.25, -0.2) is 0 Å². The van der Waals surface area contributed by atoms with Crippen LogP contribution in [0.25, 0.3) is 0 Å². The van der Waals surface area contributed by atoms with Crippen LogP contribution in [-0.2, 0) is 19.0 Å². The first-order chi connectivity index (χ1) is 12.7. The molecule has 3 aliphatic heterocycles. The Morgan fingerprint density at radius 1 is 0.962 bits per heavy atom.